The van der Waals surface area contributed by atoms with Crippen LogP contribution >= 0.6 is 12.2 Å². The molecule has 7 heteroatoms. The van der Waals surface area contributed by atoms with Gasteiger partial charge in [-0.3, -0.25) is 4.72 Å². The van der Waals surface area contributed by atoms with Crippen molar-refractivity contribution in [1.82, 2.24) is 4.72 Å². The molecule has 0 aliphatic heterocycles. The summed E-state index contributed by atoms with van der Waals surface area (Å²) in [7, 11) is -3.55. The summed E-state index contributed by atoms with van der Waals surface area (Å²) in [5.74, 6) is 0. The van der Waals surface area contributed by atoms with Gasteiger partial charge in [0.25, 0.3) is 10.2 Å². The summed E-state index contributed by atoms with van der Waals surface area (Å²) in [6.07, 6.45) is 0.729. The fourth-order valence-corrected chi connectivity index (χ4v) is 2.48. The maximum Gasteiger partial charge on any atom is 0.299 e. The van der Waals surface area contributed by atoms with E-state index >= 15 is 0 Å². The number of nitrogens with one attached hydrogen (secondary N) is 2. The van der Waals surface area contributed by atoms with Crippen molar-refractivity contribution in [3.8, 4) is 0 Å². The lowest BCUT2D eigenvalue weighted by Crippen LogP contribution is -2.31. The molecule has 4 N–H and O–H groups in total. The smallest absolute Gasteiger partial charge is 0.299 e. The Labute approximate surface area is 113 Å². The number of rotatable bonds is 6. The van der Waals surface area contributed by atoms with Gasteiger partial charge in [0, 0.05) is 12.1 Å². The molecule has 0 unspecified atom stereocenters. The molecule has 1 aromatic rings. The van der Waals surface area contributed by atoms with E-state index in [1.165, 1.54) is 0 Å². The molecular formula is C11H17N3O2S2. The molecule has 0 aromatic heterocycles. The molecule has 1 rings (SSSR count). The van der Waals surface area contributed by atoms with Gasteiger partial charge in [0.05, 0.1) is 5.69 Å². The molecule has 0 bridgehead atoms. The number of hydrogen-bond donors (Lipinski definition) is 3. The number of hydrogen-bond acceptors (Lipinski definition) is 3. The van der Waals surface area contributed by atoms with Crippen LogP contribution < -0.4 is 15.2 Å². The second-order valence-corrected chi connectivity index (χ2v) is 5.83. The highest BCUT2D eigenvalue weighted by Gasteiger charge is 2.11. The van der Waals surface area contributed by atoms with Gasteiger partial charge in [0.2, 0.25) is 0 Å². The largest absolute Gasteiger partial charge is 0.389 e. The lowest BCUT2D eigenvalue weighted by Gasteiger charge is -2.12. The standard InChI is InChI=1S/C11H17N3O2S2/c1-3-6-13-18(15,16)14-10-7-9(11(12)17)5-4-8(10)2/h4-5,7,13-14H,3,6H2,1-2H3,(H2,12,17). The minimum absolute atomic E-state index is 0.233. The number of nitrogens with two attached hydrogens (primary N) is 1. The van der Waals surface area contributed by atoms with E-state index in [0.29, 0.717) is 17.8 Å². The highest BCUT2D eigenvalue weighted by molar-refractivity contribution is 7.90. The fourth-order valence-electron chi connectivity index (χ4n) is 1.30. The summed E-state index contributed by atoms with van der Waals surface area (Å²) in [5, 5.41) is 0. The van der Waals surface area contributed by atoms with Gasteiger partial charge in [-0.05, 0) is 25.0 Å². The van der Waals surface area contributed by atoms with Crippen LogP contribution in [0.15, 0.2) is 18.2 Å². The molecule has 0 amide bonds. The van der Waals surface area contributed by atoms with Gasteiger partial charge in [0.15, 0.2) is 0 Å². The maximum atomic E-state index is 11.7. The number of anilines is 1. The van der Waals surface area contributed by atoms with Crippen LogP contribution in [0, 0.1) is 6.92 Å². The van der Waals surface area contributed by atoms with E-state index in [1.807, 2.05) is 6.92 Å². The predicted octanol–water partition coefficient (Wildman–Crippen LogP) is 1.29. The van der Waals surface area contributed by atoms with Crippen LogP contribution in [0.2, 0.25) is 0 Å². The van der Waals surface area contributed by atoms with Crippen LogP contribution in [0.5, 0.6) is 0 Å². The van der Waals surface area contributed by atoms with Crippen molar-refractivity contribution in [3.63, 3.8) is 0 Å². The Kier molecular flexibility index (Phi) is 5.06. The van der Waals surface area contributed by atoms with E-state index < -0.39 is 10.2 Å². The molecule has 0 saturated carbocycles. The first-order valence-electron chi connectivity index (χ1n) is 5.53. The van der Waals surface area contributed by atoms with Crippen LogP contribution in [0.4, 0.5) is 5.69 Å². The van der Waals surface area contributed by atoms with E-state index in [4.69, 9.17) is 18.0 Å². The fraction of sp³-hybridized carbons (Fsp3) is 0.364. The van der Waals surface area contributed by atoms with E-state index in [-0.39, 0.29) is 4.99 Å². The SMILES string of the molecule is CCCNS(=O)(=O)Nc1cc(C(N)=S)ccc1C. The molecule has 1 aromatic carbocycles. The highest BCUT2D eigenvalue weighted by Crippen LogP contribution is 2.17. The van der Waals surface area contributed by atoms with Crippen molar-refractivity contribution >= 4 is 33.1 Å². The minimum atomic E-state index is -3.55. The van der Waals surface area contributed by atoms with Gasteiger partial charge in [0.1, 0.15) is 4.99 Å². The van der Waals surface area contributed by atoms with Crippen molar-refractivity contribution in [2.24, 2.45) is 5.73 Å². The molecule has 0 aliphatic carbocycles. The third kappa shape index (κ3) is 4.25. The third-order valence-electron chi connectivity index (χ3n) is 2.31. The number of thiocarbonyl (C=S) groups is 1. The predicted molar refractivity (Wildman–Crippen MR) is 77.9 cm³/mol. The molecule has 0 heterocycles. The summed E-state index contributed by atoms with van der Waals surface area (Å²) >= 11 is 4.86. The van der Waals surface area contributed by atoms with Crippen LogP contribution in [-0.2, 0) is 10.2 Å². The summed E-state index contributed by atoms with van der Waals surface area (Å²) in [6.45, 7) is 4.09. The Hall–Kier alpha value is -1.18. The number of benzene rings is 1. The van der Waals surface area contributed by atoms with Crippen molar-refractivity contribution in [1.29, 1.82) is 0 Å². The summed E-state index contributed by atoms with van der Waals surface area (Å²) < 4.78 is 28.3. The molecule has 18 heavy (non-hydrogen) atoms. The Balaban J connectivity index is 2.96. The quantitative estimate of drug-likeness (QED) is 0.688. The zero-order valence-electron chi connectivity index (χ0n) is 10.4. The monoisotopic (exact) mass is 287 g/mol. The first-order valence-corrected chi connectivity index (χ1v) is 7.42. The van der Waals surface area contributed by atoms with Crippen LogP contribution in [-0.4, -0.2) is 20.0 Å². The second-order valence-electron chi connectivity index (χ2n) is 3.89. The molecule has 0 fully saturated rings. The zero-order chi connectivity index (χ0) is 13.8. The Morgan fingerprint density at radius 1 is 1.44 bits per heavy atom. The van der Waals surface area contributed by atoms with Crippen molar-refractivity contribution in [2.75, 3.05) is 11.3 Å². The van der Waals surface area contributed by atoms with E-state index in [9.17, 15) is 8.42 Å². The van der Waals surface area contributed by atoms with Crippen LogP contribution in [0.1, 0.15) is 24.5 Å². The molecule has 5 nitrogen and oxygen atoms in total. The summed E-state index contributed by atoms with van der Waals surface area (Å²) in [6, 6.07) is 5.16. The second kappa shape index (κ2) is 6.12. The molecular weight excluding hydrogens is 270 g/mol. The first-order chi connectivity index (χ1) is 8.35. The molecule has 0 atom stereocenters. The highest BCUT2D eigenvalue weighted by atomic mass is 32.2. The van der Waals surface area contributed by atoms with Crippen molar-refractivity contribution in [2.45, 2.75) is 20.3 Å². The first kappa shape index (κ1) is 14.9. The van der Waals surface area contributed by atoms with Crippen LogP contribution in [0.25, 0.3) is 0 Å². The Morgan fingerprint density at radius 2 is 2.11 bits per heavy atom. The van der Waals surface area contributed by atoms with E-state index in [2.05, 4.69) is 9.44 Å². The van der Waals surface area contributed by atoms with Gasteiger partial charge in [-0.1, -0.05) is 31.3 Å². The van der Waals surface area contributed by atoms with Gasteiger partial charge >= 0.3 is 0 Å². The lowest BCUT2D eigenvalue weighted by atomic mass is 10.1. The molecule has 100 valence electrons. The molecule has 0 spiro atoms. The topological polar surface area (TPSA) is 84.2 Å². The molecule has 0 saturated heterocycles. The van der Waals surface area contributed by atoms with Gasteiger partial charge in [-0.25, -0.2) is 0 Å². The van der Waals surface area contributed by atoms with E-state index in [0.717, 1.165) is 12.0 Å². The normalized spacial score (nSPS) is 11.2. The molecule has 0 radical (unpaired) electrons. The Morgan fingerprint density at radius 3 is 2.67 bits per heavy atom. The average Bonchev–Trinajstić information content (AvgIpc) is 2.29. The Bertz CT molecular complexity index is 541. The average molecular weight is 287 g/mol. The van der Waals surface area contributed by atoms with Gasteiger partial charge in [-0.2, -0.15) is 13.1 Å². The molecule has 0 aliphatic rings. The minimum Gasteiger partial charge on any atom is -0.389 e. The van der Waals surface area contributed by atoms with Gasteiger partial charge < -0.3 is 5.73 Å². The zero-order valence-corrected chi connectivity index (χ0v) is 12.0. The summed E-state index contributed by atoms with van der Waals surface area (Å²) in [4.78, 5) is 0.233. The van der Waals surface area contributed by atoms with Crippen molar-refractivity contribution in [3.05, 3.63) is 29.3 Å². The maximum absolute atomic E-state index is 11.7. The van der Waals surface area contributed by atoms with Crippen molar-refractivity contribution < 1.29 is 8.42 Å². The van der Waals surface area contributed by atoms with Crippen LogP contribution in [0.3, 0.4) is 0 Å². The summed E-state index contributed by atoms with van der Waals surface area (Å²) in [5.41, 5.74) is 7.42. The number of aryl methyl sites for hydroxylation is 1. The van der Waals surface area contributed by atoms with E-state index in [1.54, 1.807) is 25.1 Å². The van der Waals surface area contributed by atoms with Gasteiger partial charge in [-0.15, -0.1) is 0 Å². The third-order valence-corrected chi connectivity index (χ3v) is 3.62. The lowest BCUT2D eigenvalue weighted by molar-refractivity contribution is 0.586.